The molecule has 0 aliphatic carbocycles. The summed E-state index contributed by atoms with van der Waals surface area (Å²) in [6.45, 7) is 8.02. The number of anilines is 1. The van der Waals surface area contributed by atoms with E-state index in [-0.39, 0.29) is 0 Å². The molecule has 0 unspecified atom stereocenters. The highest BCUT2D eigenvalue weighted by molar-refractivity contribution is 6.30. The van der Waals surface area contributed by atoms with Crippen LogP contribution in [0.1, 0.15) is 13.3 Å². The number of hydrogen-bond acceptors (Lipinski definition) is 2. The minimum Gasteiger partial charge on any atom is -0.369 e. The summed E-state index contributed by atoms with van der Waals surface area (Å²) in [6, 6.07) is 8.15. The molecule has 0 saturated carbocycles. The summed E-state index contributed by atoms with van der Waals surface area (Å²) >= 11 is 6.01. The minimum atomic E-state index is 0.827. The number of nitrogens with zero attached hydrogens (tertiary/aromatic N) is 2. The van der Waals surface area contributed by atoms with Gasteiger partial charge in [0, 0.05) is 36.9 Å². The molecule has 88 valence electrons. The maximum Gasteiger partial charge on any atom is 0.0426 e. The Kier molecular flexibility index (Phi) is 4.08. The number of hydrogen-bond donors (Lipinski definition) is 0. The van der Waals surface area contributed by atoms with Crippen molar-refractivity contribution in [3.8, 4) is 0 Å². The number of halogens is 1. The topological polar surface area (TPSA) is 6.48 Å². The van der Waals surface area contributed by atoms with Crippen LogP contribution >= 0.6 is 11.6 Å². The Morgan fingerprint density at radius 3 is 2.56 bits per heavy atom. The fraction of sp³-hybridized carbons (Fsp3) is 0.538. The lowest BCUT2D eigenvalue weighted by molar-refractivity contribution is 0.258. The summed E-state index contributed by atoms with van der Waals surface area (Å²) in [5.41, 5.74) is 1.25. The first-order valence-corrected chi connectivity index (χ1v) is 6.40. The predicted octanol–water partition coefficient (Wildman–Crippen LogP) is 2.87. The molecule has 1 saturated heterocycles. The van der Waals surface area contributed by atoms with E-state index in [0.717, 1.165) is 18.1 Å². The molecule has 1 aliphatic heterocycles. The monoisotopic (exact) mass is 238 g/mol. The average Bonchev–Trinajstić information content (AvgIpc) is 2.30. The lowest BCUT2D eigenvalue weighted by Crippen LogP contribution is -2.46. The molecule has 0 spiro atoms. The van der Waals surface area contributed by atoms with E-state index in [1.165, 1.54) is 31.7 Å². The predicted molar refractivity (Wildman–Crippen MR) is 70.4 cm³/mol. The van der Waals surface area contributed by atoms with Crippen LogP contribution in [-0.4, -0.2) is 37.6 Å². The summed E-state index contributed by atoms with van der Waals surface area (Å²) in [5.74, 6) is 0. The van der Waals surface area contributed by atoms with Gasteiger partial charge in [-0.3, -0.25) is 4.90 Å². The Hall–Kier alpha value is -0.730. The molecule has 0 N–H and O–H groups in total. The second kappa shape index (κ2) is 5.55. The molecule has 0 amide bonds. The van der Waals surface area contributed by atoms with Gasteiger partial charge in [0.05, 0.1) is 0 Å². The SMILES string of the molecule is CCCN1CCN(c2cccc(Cl)c2)CC1. The van der Waals surface area contributed by atoms with Crippen LogP contribution in [0.3, 0.4) is 0 Å². The third-order valence-corrected chi connectivity index (χ3v) is 3.32. The molecule has 1 aromatic carbocycles. The molecular weight excluding hydrogens is 220 g/mol. The van der Waals surface area contributed by atoms with Crippen LogP contribution < -0.4 is 4.90 Å². The minimum absolute atomic E-state index is 0.827. The van der Waals surface area contributed by atoms with Crippen LogP contribution in [0.25, 0.3) is 0 Å². The van der Waals surface area contributed by atoms with E-state index in [4.69, 9.17) is 11.6 Å². The molecule has 0 atom stereocenters. The molecule has 1 heterocycles. The summed E-state index contributed by atoms with van der Waals surface area (Å²) in [4.78, 5) is 4.94. The first kappa shape index (κ1) is 11.7. The van der Waals surface area contributed by atoms with E-state index in [1.807, 2.05) is 12.1 Å². The molecule has 2 nitrogen and oxygen atoms in total. The molecule has 1 aromatic rings. The van der Waals surface area contributed by atoms with E-state index in [0.29, 0.717) is 0 Å². The van der Waals surface area contributed by atoms with E-state index < -0.39 is 0 Å². The molecule has 1 fully saturated rings. The van der Waals surface area contributed by atoms with E-state index >= 15 is 0 Å². The third kappa shape index (κ3) is 2.89. The smallest absolute Gasteiger partial charge is 0.0426 e. The average molecular weight is 239 g/mol. The van der Waals surface area contributed by atoms with Crippen LogP contribution in [0.5, 0.6) is 0 Å². The molecule has 16 heavy (non-hydrogen) atoms. The van der Waals surface area contributed by atoms with Crippen LogP contribution in [-0.2, 0) is 0 Å². The van der Waals surface area contributed by atoms with Gasteiger partial charge in [0.15, 0.2) is 0 Å². The van der Waals surface area contributed by atoms with Gasteiger partial charge in [-0.1, -0.05) is 24.6 Å². The van der Waals surface area contributed by atoms with Gasteiger partial charge in [0.1, 0.15) is 0 Å². The fourth-order valence-electron chi connectivity index (χ4n) is 2.22. The summed E-state index contributed by atoms with van der Waals surface area (Å²) in [5, 5.41) is 0.827. The second-order valence-electron chi connectivity index (χ2n) is 4.31. The molecule has 3 heteroatoms. The Morgan fingerprint density at radius 2 is 1.94 bits per heavy atom. The van der Waals surface area contributed by atoms with E-state index in [1.54, 1.807) is 0 Å². The van der Waals surface area contributed by atoms with Crippen molar-refractivity contribution < 1.29 is 0 Å². The zero-order valence-electron chi connectivity index (χ0n) is 9.82. The Morgan fingerprint density at radius 1 is 1.19 bits per heavy atom. The largest absolute Gasteiger partial charge is 0.369 e. The van der Waals surface area contributed by atoms with Crippen LogP contribution in [0.15, 0.2) is 24.3 Å². The fourth-order valence-corrected chi connectivity index (χ4v) is 2.40. The molecule has 0 radical (unpaired) electrons. The van der Waals surface area contributed by atoms with Crippen molar-refractivity contribution in [1.29, 1.82) is 0 Å². The van der Waals surface area contributed by atoms with Crippen LogP contribution in [0, 0.1) is 0 Å². The van der Waals surface area contributed by atoms with Gasteiger partial charge in [0.25, 0.3) is 0 Å². The highest BCUT2D eigenvalue weighted by Gasteiger charge is 2.16. The van der Waals surface area contributed by atoms with Crippen LogP contribution in [0.4, 0.5) is 5.69 Å². The molecule has 0 aromatic heterocycles. The van der Waals surface area contributed by atoms with Crippen molar-refractivity contribution in [2.75, 3.05) is 37.6 Å². The number of rotatable bonds is 3. The quantitative estimate of drug-likeness (QED) is 0.799. The number of benzene rings is 1. The standard InChI is InChI=1S/C13H19ClN2/c1-2-6-15-7-9-16(10-8-15)13-5-3-4-12(14)11-13/h3-5,11H,2,6-10H2,1H3. The van der Waals surface area contributed by atoms with Gasteiger partial charge in [-0.25, -0.2) is 0 Å². The number of piperazine rings is 1. The lowest BCUT2D eigenvalue weighted by Gasteiger charge is -2.36. The van der Waals surface area contributed by atoms with Crippen molar-refractivity contribution in [1.82, 2.24) is 4.90 Å². The van der Waals surface area contributed by atoms with Gasteiger partial charge >= 0.3 is 0 Å². The first-order valence-electron chi connectivity index (χ1n) is 6.02. The zero-order chi connectivity index (χ0) is 11.4. The Bertz CT molecular complexity index is 332. The van der Waals surface area contributed by atoms with E-state index in [9.17, 15) is 0 Å². The van der Waals surface area contributed by atoms with E-state index in [2.05, 4.69) is 28.9 Å². The summed E-state index contributed by atoms with van der Waals surface area (Å²) < 4.78 is 0. The Labute approximate surface area is 103 Å². The second-order valence-corrected chi connectivity index (χ2v) is 4.74. The van der Waals surface area contributed by atoms with Crippen LogP contribution in [0.2, 0.25) is 5.02 Å². The summed E-state index contributed by atoms with van der Waals surface area (Å²) in [6.07, 6.45) is 1.25. The van der Waals surface area contributed by atoms with Crippen molar-refractivity contribution in [3.63, 3.8) is 0 Å². The molecule has 0 bridgehead atoms. The van der Waals surface area contributed by atoms with Crippen molar-refractivity contribution in [2.45, 2.75) is 13.3 Å². The maximum absolute atomic E-state index is 6.01. The molecule has 2 rings (SSSR count). The van der Waals surface area contributed by atoms with Crippen molar-refractivity contribution in [3.05, 3.63) is 29.3 Å². The highest BCUT2D eigenvalue weighted by atomic mass is 35.5. The Balaban J connectivity index is 1.94. The van der Waals surface area contributed by atoms with Gasteiger partial charge in [0.2, 0.25) is 0 Å². The lowest BCUT2D eigenvalue weighted by atomic mass is 10.2. The van der Waals surface area contributed by atoms with Gasteiger partial charge in [-0.2, -0.15) is 0 Å². The van der Waals surface area contributed by atoms with Gasteiger partial charge in [-0.05, 0) is 31.2 Å². The normalized spacial score (nSPS) is 17.8. The molecule has 1 aliphatic rings. The van der Waals surface area contributed by atoms with Gasteiger partial charge < -0.3 is 4.90 Å². The maximum atomic E-state index is 6.01. The molecular formula is C13H19ClN2. The van der Waals surface area contributed by atoms with Gasteiger partial charge in [-0.15, -0.1) is 0 Å². The zero-order valence-corrected chi connectivity index (χ0v) is 10.6. The van der Waals surface area contributed by atoms with Crippen molar-refractivity contribution in [2.24, 2.45) is 0 Å². The summed E-state index contributed by atoms with van der Waals surface area (Å²) in [7, 11) is 0. The highest BCUT2D eigenvalue weighted by Crippen LogP contribution is 2.20. The third-order valence-electron chi connectivity index (χ3n) is 3.09. The van der Waals surface area contributed by atoms with Crippen molar-refractivity contribution >= 4 is 17.3 Å². The first-order chi connectivity index (χ1) is 7.79.